The predicted molar refractivity (Wildman–Crippen MR) is 106 cm³/mol. The third-order valence-corrected chi connectivity index (χ3v) is 4.62. The first-order valence-electron chi connectivity index (χ1n) is 9.85. The van der Waals surface area contributed by atoms with Crippen LogP contribution in [0.25, 0.3) is 0 Å². The van der Waals surface area contributed by atoms with Crippen LogP contribution in [0.5, 0.6) is 0 Å². The average molecular weight is 375 g/mol. The molecular weight excluding hydrogens is 343 g/mol. The van der Waals surface area contributed by atoms with Crippen LogP contribution in [0.2, 0.25) is 0 Å². The normalized spacial score (nSPS) is 11.3. The second-order valence-corrected chi connectivity index (χ2v) is 7.17. The molecule has 0 bridgehead atoms. The van der Waals surface area contributed by atoms with Crippen molar-refractivity contribution in [3.05, 3.63) is 59.3 Å². The van der Waals surface area contributed by atoms with Gasteiger partial charge in [-0.1, -0.05) is 44.4 Å². The lowest BCUT2D eigenvalue weighted by Gasteiger charge is -2.25. The largest absolute Gasteiger partial charge is 0.455 e. The fraction of sp³-hybridized carbons (Fsp3) is 0.500. The zero-order chi connectivity index (χ0) is 19.6. The van der Waals surface area contributed by atoms with Crippen LogP contribution in [0.1, 0.15) is 68.3 Å². The second-order valence-electron chi connectivity index (χ2n) is 7.17. The summed E-state index contributed by atoms with van der Waals surface area (Å²) in [7, 11) is 0. The van der Waals surface area contributed by atoms with Gasteiger partial charge in [0.15, 0.2) is 5.76 Å². The van der Waals surface area contributed by atoms with Crippen LogP contribution in [-0.2, 0) is 13.1 Å². The van der Waals surface area contributed by atoms with E-state index in [4.69, 9.17) is 4.42 Å². The number of benzene rings is 1. The molecule has 1 N–H and O–H groups in total. The van der Waals surface area contributed by atoms with Crippen molar-refractivity contribution in [1.82, 2.24) is 10.2 Å². The Bertz CT molecular complexity index is 712. The summed E-state index contributed by atoms with van der Waals surface area (Å²) in [5.74, 6) is 0.653. The first-order chi connectivity index (χ1) is 13.0. The summed E-state index contributed by atoms with van der Waals surface area (Å²) in [6.07, 6.45) is 4.47. The molecule has 0 saturated heterocycles. The van der Waals surface area contributed by atoms with E-state index in [2.05, 4.69) is 31.0 Å². The van der Waals surface area contributed by atoms with Gasteiger partial charge in [-0.2, -0.15) is 0 Å². The first-order valence-corrected chi connectivity index (χ1v) is 9.85. The quantitative estimate of drug-likeness (QED) is 0.554. The Balaban J connectivity index is 1.91. The highest BCUT2D eigenvalue weighted by molar-refractivity contribution is 5.91. The zero-order valence-electron chi connectivity index (χ0n) is 16.6. The molecule has 0 aliphatic carbocycles. The van der Waals surface area contributed by atoms with Crippen LogP contribution >= 0.6 is 0 Å². The summed E-state index contributed by atoms with van der Waals surface area (Å²) in [6, 6.07) is 10.5. The number of hydrogen-bond acceptors (Lipinski definition) is 3. The Morgan fingerprint density at radius 2 is 1.89 bits per heavy atom. The number of furan rings is 1. The number of hydrogen-bond donors (Lipinski definition) is 1. The molecule has 27 heavy (non-hydrogen) atoms. The van der Waals surface area contributed by atoms with Gasteiger partial charge in [0.1, 0.15) is 11.6 Å². The van der Waals surface area contributed by atoms with Crippen molar-refractivity contribution < 1.29 is 13.6 Å². The van der Waals surface area contributed by atoms with Gasteiger partial charge in [0, 0.05) is 24.7 Å². The molecule has 5 heteroatoms. The molecule has 1 amide bonds. The van der Waals surface area contributed by atoms with Gasteiger partial charge in [0.05, 0.1) is 6.54 Å². The minimum absolute atomic E-state index is 0.178. The topological polar surface area (TPSA) is 45.5 Å². The molecule has 0 aliphatic heterocycles. The van der Waals surface area contributed by atoms with Gasteiger partial charge in [-0.25, -0.2) is 4.39 Å². The summed E-state index contributed by atoms with van der Waals surface area (Å²) in [5.41, 5.74) is 0.655. The van der Waals surface area contributed by atoms with Crippen LogP contribution in [0, 0.1) is 5.82 Å². The van der Waals surface area contributed by atoms with E-state index in [1.54, 1.807) is 18.2 Å². The van der Waals surface area contributed by atoms with Crippen LogP contribution < -0.4 is 5.32 Å². The minimum Gasteiger partial charge on any atom is -0.455 e. The SMILES string of the molecule is CCCCCCNC(=O)c1ccc(CN(Cc2ccccc2F)C(C)C)o1. The maximum Gasteiger partial charge on any atom is 0.286 e. The smallest absolute Gasteiger partial charge is 0.286 e. The number of nitrogens with one attached hydrogen (secondary N) is 1. The lowest BCUT2D eigenvalue weighted by atomic mass is 10.1. The van der Waals surface area contributed by atoms with Crippen LogP contribution in [0.4, 0.5) is 4.39 Å². The summed E-state index contributed by atoms with van der Waals surface area (Å²) < 4.78 is 19.7. The van der Waals surface area contributed by atoms with Crippen molar-refractivity contribution in [2.24, 2.45) is 0 Å². The first kappa shape index (κ1) is 21.2. The van der Waals surface area contributed by atoms with E-state index in [9.17, 15) is 9.18 Å². The fourth-order valence-corrected chi connectivity index (χ4v) is 2.89. The second kappa shape index (κ2) is 10.9. The Hall–Kier alpha value is -2.14. The zero-order valence-corrected chi connectivity index (χ0v) is 16.6. The molecule has 0 saturated carbocycles. The molecule has 0 spiro atoms. The lowest BCUT2D eigenvalue weighted by molar-refractivity contribution is 0.0919. The van der Waals surface area contributed by atoms with Gasteiger partial charge in [0.2, 0.25) is 0 Å². The maximum absolute atomic E-state index is 14.0. The molecule has 148 valence electrons. The highest BCUT2D eigenvalue weighted by Gasteiger charge is 2.17. The van der Waals surface area contributed by atoms with Crippen molar-refractivity contribution in [3.63, 3.8) is 0 Å². The molecule has 4 nitrogen and oxygen atoms in total. The van der Waals surface area contributed by atoms with Crippen LogP contribution in [-0.4, -0.2) is 23.4 Å². The standard InChI is InChI=1S/C22H31FN2O2/c1-4-5-6-9-14-24-22(26)21-13-12-19(27-21)16-25(17(2)3)15-18-10-7-8-11-20(18)23/h7-8,10-13,17H,4-6,9,14-16H2,1-3H3,(H,24,26). The average Bonchev–Trinajstić information content (AvgIpc) is 3.11. The van der Waals surface area contributed by atoms with E-state index in [1.165, 1.54) is 18.9 Å². The molecule has 0 unspecified atom stereocenters. The van der Waals surface area contributed by atoms with Crippen LogP contribution in [0.3, 0.4) is 0 Å². The number of amides is 1. The van der Waals surface area contributed by atoms with Gasteiger partial charge in [-0.05, 0) is 38.5 Å². The number of unbranched alkanes of at least 4 members (excludes halogenated alkanes) is 3. The molecule has 1 aromatic carbocycles. The molecule has 1 heterocycles. The van der Waals surface area contributed by atoms with Gasteiger partial charge in [0.25, 0.3) is 5.91 Å². The number of nitrogens with zero attached hydrogens (tertiary/aromatic N) is 1. The Morgan fingerprint density at radius 3 is 2.59 bits per heavy atom. The summed E-state index contributed by atoms with van der Waals surface area (Å²) in [5, 5.41) is 2.90. The molecule has 0 aliphatic rings. The van der Waals surface area contributed by atoms with Crippen LogP contribution in [0.15, 0.2) is 40.8 Å². The molecule has 0 fully saturated rings. The van der Waals surface area contributed by atoms with E-state index in [0.717, 1.165) is 12.8 Å². The van der Waals surface area contributed by atoms with Gasteiger partial charge in [-0.3, -0.25) is 9.69 Å². The monoisotopic (exact) mass is 374 g/mol. The third kappa shape index (κ3) is 6.83. The molecule has 2 aromatic rings. The highest BCUT2D eigenvalue weighted by Crippen LogP contribution is 2.17. The number of carbonyl (C=O) groups excluding carboxylic acids is 1. The Morgan fingerprint density at radius 1 is 1.11 bits per heavy atom. The number of carbonyl (C=O) groups is 1. The number of rotatable bonds is 11. The van der Waals surface area contributed by atoms with Crippen molar-refractivity contribution in [2.75, 3.05) is 6.54 Å². The fourth-order valence-electron chi connectivity index (χ4n) is 2.89. The Labute approximate surface area is 161 Å². The maximum atomic E-state index is 14.0. The van der Waals surface area contributed by atoms with Crippen molar-refractivity contribution in [1.29, 1.82) is 0 Å². The summed E-state index contributed by atoms with van der Waals surface area (Å²) in [4.78, 5) is 14.3. The molecule has 0 radical (unpaired) electrons. The van der Waals surface area contributed by atoms with E-state index in [1.807, 2.05) is 12.1 Å². The number of halogens is 1. The highest BCUT2D eigenvalue weighted by atomic mass is 19.1. The van der Waals surface area contributed by atoms with E-state index < -0.39 is 0 Å². The van der Waals surface area contributed by atoms with Crippen molar-refractivity contribution >= 4 is 5.91 Å². The van der Waals surface area contributed by atoms with Crippen molar-refractivity contribution in [3.8, 4) is 0 Å². The molecule has 2 rings (SSSR count). The summed E-state index contributed by atoms with van der Waals surface area (Å²) >= 11 is 0. The lowest BCUT2D eigenvalue weighted by Crippen LogP contribution is -2.30. The van der Waals surface area contributed by atoms with E-state index >= 15 is 0 Å². The van der Waals surface area contributed by atoms with Crippen molar-refractivity contribution in [2.45, 2.75) is 65.6 Å². The molecule has 0 atom stereocenters. The van der Waals surface area contributed by atoms with Gasteiger partial charge < -0.3 is 9.73 Å². The summed E-state index contributed by atoms with van der Waals surface area (Å²) in [6.45, 7) is 7.97. The predicted octanol–water partition coefficient (Wildman–Crippen LogP) is 5.14. The van der Waals surface area contributed by atoms with Gasteiger partial charge in [-0.15, -0.1) is 0 Å². The Kier molecular flexibility index (Phi) is 8.52. The van der Waals surface area contributed by atoms with E-state index in [-0.39, 0.29) is 17.8 Å². The van der Waals surface area contributed by atoms with E-state index in [0.29, 0.717) is 36.7 Å². The van der Waals surface area contributed by atoms with Gasteiger partial charge >= 0.3 is 0 Å². The molecular formula is C22H31FN2O2. The minimum atomic E-state index is -0.203. The third-order valence-electron chi connectivity index (χ3n) is 4.62. The molecule has 1 aromatic heterocycles.